The maximum absolute atomic E-state index is 12.8. The molecule has 7 heteroatoms. The first kappa shape index (κ1) is 21.4. The Balaban J connectivity index is 1.34. The van der Waals surface area contributed by atoms with Crippen LogP contribution < -0.4 is 10.6 Å². The van der Waals surface area contributed by atoms with E-state index < -0.39 is 0 Å². The van der Waals surface area contributed by atoms with Gasteiger partial charge in [-0.2, -0.15) is 5.10 Å². The molecule has 0 radical (unpaired) electrons. The second kappa shape index (κ2) is 10.5. The largest absolute Gasteiger partial charge is 0.357 e. The standard InChI is InChI=1S/C24H34N6O/c1-2-25-24(26-17-19-8-6-11-22(16-19)30-14-7-13-27-30)28-21-12-15-29(18-21)23(31)20-9-4-3-5-10-20/h6-8,11,13-14,16,20-21H,2-5,9-10,12,15,17-18H2,1H3,(H2,25,26,28). The number of hydrogen-bond donors (Lipinski definition) is 2. The van der Waals surface area contributed by atoms with Crippen LogP contribution in [0.3, 0.4) is 0 Å². The van der Waals surface area contributed by atoms with E-state index in [1.165, 1.54) is 19.3 Å². The first-order valence-corrected chi connectivity index (χ1v) is 11.7. The molecule has 1 saturated heterocycles. The summed E-state index contributed by atoms with van der Waals surface area (Å²) >= 11 is 0. The van der Waals surface area contributed by atoms with E-state index in [1.807, 2.05) is 29.1 Å². The van der Waals surface area contributed by atoms with Gasteiger partial charge in [0.2, 0.25) is 5.91 Å². The minimum absolute atomic E-state index is 0.247. The molecule has 1 atom stereocenters. The molecular formula is C24H34N6O. The van der Waals surface area contributed by atoms with Gasteiger partial charge in [0.25, 0.3) is 0 Å². The van der Waals surface area contributed by atoms with Crippen molar-refractivity contribution in [1.29, 1.82) is 0 Å². The number of likely N-dealkylation sites (tertiary alicyclic amines) is 1. The molecule has 2 heterocycles. The van der Waals surface area contributed by atoms with Crippen molar-refractivity contribution >= 4 is 11.9 Å². The molecule has 2 aliphatic rings. The van der Waals surface area contributed by atoms with E-state index >= 15 is 0 Å². The number of rotatable bonds is 6. The van der Waals surface area contributed by atoms with Gasteiger partial charge in [0.15, 0.2) is 5.96 Å². The molecule has 4 rings (SSSR count). The van der Waals surface area contributed by atoms with Crippen LogP contribution in [0.2, 0.25) is 0 Å². The summed E-state index contributed by atoms with van der Waals surface area (Å²) < 4.78 is 1.85. The van der Waals surface area contributed by atoms with Crippen LogP contribution in [0.15, 0.2) is 47.7 Å². The highest BCUT2D eigenvalue weighted by Gasteiger charge is 2.31. The van der Waals surface area contributed by atoms with Crippen molar-refractivity contribution in [3.63, 3.8) is 0 Å². The van der Waals surface area contributed by atoms with Crippen LogP contribution in [0, 0.1) is 5.92 Å². The molecular weight excluding hydrogens is 388 g/mol. The van der Waals surface area contributed by atoms with Crippen molar-refractivity contribution in [1.82, 2.24) is 25.3 Å². The average molecular weight is 423 g/mol. The van der Waals surface area contributed by atoms with Crippen LogP contribution in [0.1, 0.15) is 51.0 Å². The topological polar surface area (TPSA) is 74.6 Å². The maximum atomic E-state index is 12.8. The molecule has 1 aromatic heterocycles. The summed E-state index contributed by atoms with van der Waals surface area (Å²) in [6, 6.07) is 10.4. The van der Waals surface area contributed by atoms with E-state index in [2.05, 4.69) is 39.7 Å². The third kappa shape index (κ3) is 5.66. The molecule has 1 saturated carbocycles. The van der Waals surface area contributed by atoms with Crippen LogP contribution in [0.4, 0.5) is 0 Å². The molecule has 1 aliphatic heterocycles. The molecule has 7 nitrogen and oxygen atoms in total. The molecule has 1 aliphatic carbocycles. The van der Waals surface area contributed by atoms with Crippen molar-refractivity contribution in [2.45, 2.75) is 58.0 Å². The quantitative estimate of drug-likeness (QED) is 0.554. The fourth-order valence-corrected chi connectivity index (χ4v) is 4.59. The van der Waals surface area contributed by atoms with Gasteiger partial charge in [0.05, 0.1) is 12.2 Å². The zero-order valence-corrected chi connectivity index (χ0v) is 18.5. The zero-order chi connectivity index (χ0) is 21.5. The summed E-state index contributed by atoms with van der Waals surface area (Å²) in [6.07, 6.45) is 10.5. The van der Waals surface area contributed by atoms with Gasteiger partial charge in [0.1, 0.15) is 0 Å². The normalized spacial score (nSPS) is 20.1. The van der Waals surface area contributed by atoms with Gasteiger partial charge in [0, 0.05) is 44.0 Å². The Morgan fingerprint density at radius 2 is 2.06 bits per heavy atom. The van der Waals surface area contributed by atoms with Crippen molar-refractivity contribution in [2.24, 2.45) is 10.9 Å². The number of benzene rings is 1. The van der Waals surface area contributed by atoms with Gasteiger partial charge in [-0.15, -0.1) is 0 Å². The lowest BCUT2D eigenvalue weighted by atomic mass is 9.88. The third-order valence-electron chi connectivity index (χ3n) is 6.24. The lowest BCUT2D eigenvalue weighted by Gasteiger charge is -2.26. The third-order valence-corrected chi connectivity index (χ3v) is 6.24. The molecule has 0 bridgehead atoms. The monoisotopic (exact) mass is 422 g/mol. The smallest absolute Gasteiger partial charge is 0.225 e. The predicted molar refractivity (Wildman–Crippen MR) is 123 cm³/mol. The number of nitrogens with zero attached hydrogens (tertiary/aromatic N) is 4. The van der Waals surface area contributed by atoms with Gasteiger partial charge in [-0.1, -0.05) is 31.4 Å². The Kier molecular flexibility index (Phi) is 7.22. The lowest BCUT2D eigenvalue weighted by Crippen LogP contribution is -2.45. The van der Waals surface area contributed by atoms with Gasteiger partial charge in [-0.05, 0) is 49.9 Å². The molecule has 2 aromatic rings. The summed E-state index contributed by atoms with van der Waals surface area (Å²) in [7, 11) is 0. The van der Waals surface area contributed by atoms with E-state index in [9.17, 15) is 4.79 Å². The average Bonchev–Trinajstić information content (AvgIpc) is 3.51. The minimum Gasteiger partial charge on any atom is -0.357 e. The first-order chi connectivity index (χ1) is 15.2. The number of carbonyl (C=O) groups is 1. The molecule has 2 N–H and O–H groups in total. The van der Waals surface area contributed by atoms with E-state index in [-0.39, 0.29) is 12.0 Å². The highest BCUT2D eigenvalue weighted by molar-refractivity contribution is 5.81. The van der Waals surface area contributed by atoms with Crippen molar-refractivity contribution in [2.75, 3.05) is 19.6 Å². The summed E-state index contributed by atoms with van der Waals surface area (Å²) in [6.45, 7) is 5.08. The van der Waals surface area contributed by atoms with Crippen LogP contribution in [-0.2, 0) is 11.3 Å². The van der Waals surface area contributed by atoms with Crippen LogP contribution in [0.25, 0.3) is 5.69 Å². The maximum Gasteiger partial charge on any atom is 0.225 e. The van der Waals surface area contributed by atoms with Gasteiger partial charge < -0.3 is 15.5 Å². The number of amides is 1. The van der Waals surface area contributed by atoms with E-state index in [1.54, 1.807) is 6.20 Å². The first-order valence-electron chi connectivity index (χ1n) is 11.7. The summed E-state index contributed by atoms with van der Waals surface area (Å²) in [4.78, 5) is 19.7. The lowest BCUT2D eigenvalue weighted by molar-refractivity contribution is -0.135. The highest BCUT2D eigenvalue weighted by atomic mass is 16.2. The molecule has 166 valence electrons. The second-order valence-corrected chi connectivity index (χ2v) is 8.56. The zero-order valence-electron chi connectivity index (χ0n) is 18.5. The number of aliphatic imine (C=N–C) groups is 1. The van der Waals surface area contributed by atoms with E-state index in [4.69, 9.17) is 4.99 Å². The van der Waals surface area contributed by atoms with Crippen LogP contribution in [-0.4, -0.2) is 52.2 Å². The summed E-state index contributed by atoms with van der Waals surface area (Å²) in [5, 5.41) is 11.2. The Morgan fingerprint density at radius 1 is 1.19 bits per heavy atom. The second-order valence-electron chi connectivity index (χ2n) is 8.56. The Morgan fingerprint density at radius 3 is 2.84 bits per heavy atom. The number of nitrogens with one attached hydrogen (secondary N) is 2. The highest BCUT2D eigenvalue weighted by Crippen LogP contribution is 2.26. The fourth-order valence-electron chi connectivity index (χ4n) is 4.59. The van der Waals surface area contributed by atoms with Crippen LogP contribution in [0.5, 0.6) is 0 Å². The van der Waals surface area contributed by atoms with Crippen molar-refractivity contribution in [3.8, 4) is 5.69 Å². The number of aromatic nitrogens is 2. The Hall–Kier alpha value is -2.83. The summed E-state index contributed by atoms with van der Waals surface area (Å²) in [5.41, 5.74) is 2.16. The number of carbonyl (C=O) groups excluding carboxylic acids is 1. The minimum atomic E-state index is 0.247. The SMILES string of the molecule is CCNC(=NCc1cccc(-n2cccn2)c1)NC1CCN(C(=O)C2CCCCC2)C1. The van der Waals surface area contributed by atoms with E-state index in [0.29, 0.717) is 12.5 Å². The molecule has 0 spiro atoms. The molecule has 1 amide bonds. The predicted octanol–water partition coefficient (Wildman–Crippen LogP) is 3.11. The van der Waals surface area contributed by atoms with Gasteiger partial charge in [-0.25, -0.2) is 9.67 Å². The Labute approximate surface area is 184 Å². The molecule has 31 heavy (non-hydrogen) atoms. The fraction of sp³-hybridized carbons (Fsp3) is 0.542. The van der Waals surface area contributed by atoms with Crippen molar-refractivity contribution < 1.29 is 4.79 Å². The van der Waals surface area contributed by atoms with Gasteiger partial charge >= 0.3 is 0 Å². The van der Waals surface area contributed by atoms with E-state index in [0.717, 1.165) is 56.1 Å². The summed E-state index contributed by atoms with van der Waals surface area (Å²) in [5.74, 6) is 1.42. The molecule has 1 aromatic carbocycles. The van der Waals surface area contributed by atoms with Gasteiger partial charge in [-0.3, -0.25) is 4.79 Å². The number of guanidine groups is 1. The van der Waals surface area contributed by atoms with Crippen LogP contribution >= 0.6 is 0 Å². The molecule has 1 unspecified atom stereocenters. The Bertz CT molecular complexity index is 872. The van der Waals surface area contributed by atoms with Crippen molar-refractivity contribution in [3.05, 3.63) is 48.3 Å². The number of hydrogen-bond acceptors (Lipinski definition) is 3. The molecule has 2 fully saturated rings.